The lowest BCUT2D eigenvalue weighted by Gasteiger charge is -2.10. The smallest absolute Gasteiger partial charge is 0.329 e. The molecule has 2 N–H and O–H groups in total. The van der Waals surface area contributed by atoms with Crippen LogP contribution in [0.1, 0.15) is 18.9 Å². The minimum atomic E-state index is -0.394. The van der Waals surface area contributed by atoms with Gasteiger partial charge in [-0.2, -0.15) is 0 Å². The lowest BCUT2D eigenvalue weighted by atomic mass is 10.2. The molecule has 0 unspecified atom stereocenters. The molecule has 0 aliphatic heterocycles. The van der Waals surface area contributed by atoms with Crippen LogP contribution in [-0.2, 0) is 22.7 Å². The highest BCUT2D eigenvalue weighted by Crippen LogP contribution is 2.19. The minimum absolute atomic E-state index is 0.138. The first-order valence-electron chi connectivity index (χ1n) is 9.41. The fourth-order valence-electron chi connectivity index (χ4n) is 3.21. The molecule has 29 heavy (non-hydrogen) atoms. The summed E-state index contributed by atoms with van der Waals surface area (Å²) in [6, 6.07) is 12.9. The summed E-state index contributed by atoms with van der Waals surface area (Å²) in [5.74, 6) is -0.723. The molecule has 3 aromatic rings. The van der Waals surface area contributed by atoms with Gasteiger partial charge in [0.2, 0.25) is 11.8 Å². The molecule has 0 aliphatic rings. The van der Waals surface area contributed by atoms with E-state index in [1.54, 1.807) is 10.6 Å². The fourth-order valence-corrected chi connectivity index (χ4v) is 3.68. The molecular weight excluding hydrogens is 436 g/mol. The molecule has 0 spiro atoms. The number of hydrogen-bond acceptors (Lipinski definition) is 3. The Kier molecular flexibility index (Phi) is 6.53. The first-order valence-corrected chi connectivity index (χ1v) is 10.2. The first kappa shape index (κ1) is 20.9. The van der Waals surface area contributed by atoms with Crippen LogP contribution in [-0.4, -0.2) is 27.5 Å². The summed E-state index contributed by atoms with van der Waals surface area (Å²) in [5.41, 5.74) is 2.88. The van der Waals surface area contributed by atoms with E-state index >= 15 is 0 Å². The number of nitrogens with one attached hydrogen (secondary N) is 2. The zero-order chi connectivity index (χ0) is 21.0. The SMILES string of the molecule is CCCn1c(=O)n(CC(=O)NCC(=O)Nc2ccc(Br)cc2C)c2ccccc21. The van der Waals surface area contributed by atoms with E-state index in [-0.39, 0.29) is 24.7 Å². The van der Waals surface area contributed by atoms with Gasteiger partial charge in [0.05, 0.1) is 17.6 Å². The van der Waals surface area contributed by atoms with Gasteiger partial charge in [0.15, 0.2) is 0 Å². The number of para-hydroxylation sites is 2. The average Bonchev–Trinajstić information content (AvgIpc) is 2.95. The molecule has 0 saturated heterocycles. The number of rotatable bonds is 7. The van der Waals surface area contributed by atoms with Gasteiger partial charge in [-0.1, -0.05) is 35.0 Å². The van der Waals surface area contributed by atoms with E-state index in [0.717, 1.165) is 22.0 Å². The Balaban J connectivity index is 1.66. The lowest BCUT2D eigenvalue weighted by Crippen LogP contribution is -2.37. The molecule has 0 bridgehead atoms. The number of aromatic nitrogens is 2. The van der Waals surface area contributed by atoms with Crippen molar-refractivity contribution in [2.24, 2.45) is 0 Å². The largest absolute Gasteiger partial charge is 0.345 e. The van der Waals surface area contributed by atoms with Gasteiger partial charge in [0.1, 0.15) is 6.54 Å². The fraction of sp³-hybridized carbons (Fsp3) is 0.286. The Morgan fingerprint density at radius 2 is 1.72 bits per heavy atom. The average molecular weight is 459 g/mol. The number of aryl methyl sites for hydroxylation is 2. The predicted octanol–water partition coefficient (Wildman–Crippen LogP) is 3.04. The third-order valence-electron chi connectivity index (χ3n) is 4.58. The highest BCUT2D eigenvalue weighted by molar-refractivity contribution is 9.10. The van der Waals surface area contributed by atoms with Crippen molar-refractivity contribution >= 4 is 44.5 Å². The maximum absolute atomic E-state index is 12.7. The van der Waals surface area contributed by atoms with Crippen LogP contribution >= 0.6 is 15.9 Å². The summed E-state index contributed by atoms with van der Waals surface area (Å²) in [7, 11) is 0. The molecule has 1 aromatic heterocycles. The van der Waals surface area contributed by atoms with Crippen molar-refractivity contribution in [3.8, 4) is 0 Å². The van der Waals surface area contributed by atoms with Gasteiger partial charge < -0.3 is 10.6 Å². The standard InChI is InChI=1S/C21H23BrN4O3/c1-3-10-25-17-6-4-5-7-18(17)26(21(25)29)13-20(28)23-12-19(27)24-16-9-8-15(22)11-14(16)2/h4-9,11H,3,10,12-13H2,1-2H3,(H,23,28)(H,24,27). The molecule has 2 amide bonds. The van der Waals surface area contributed by atoms with Crippen molar-refractivity contribution in [1.29, 1.82) is 0 Å². The molecule has 7 nitrogen and oxygen atoms in total. The number of amides is 2. The van der Waals surface area contributed by atoms with Crippen LogP contribution in [0.5, 0.6) is 0 Å². The number of nitrogens with zero attached hydrogens (tertiary/aromatic N) is 2. The molecule has 152 valence electrons. The number of halogens is 1. The number of carbonyl (C=O) groups is 2. The Bertz CT molecular complexity index is 1120. The summed E-state index contributed by atoms with van der Waals surface area (Å²) in [6.07, 6.45) is 0.815. The molecule has 2 aromatic carbocycles. The monoisotopic (exact) mass is 458 g/mol. The number of benzene rings is 2. The van der Waals surface area contributed by atoms with Crippen LogP contribution in [0, 0.1) is 6.92 Å². The summed E-state index contributed by atoms with van der Waals surface area (Å²) in [5, 5.41) is 5.36. The first-order chi connectivity index (χ1) is 13.9. The van der Waals surface area contributed by atoms with Crippen LogP contribution in [0.3, 0.4) is 0 Å². The maximum Gasteiger partial charge on any atom is 0.329 e. The van der Waals surface area contributed by atoms with Gasteiger partial charge in [-0.25, -0.2) is 4.79 Å². The van der Waals surface area contributed by atoms with E-state index in [1.165, 1.54) is 4.57 Å². The number of fused-ring (bicyclic) bond motifs is 1. The summed E-state index contributed by atoms with van der Waals surface area (Å²) < 4.78 is 4.04. The van der Waals surface area contributed by atoms with Crippen molar-refractivity contribution < 1.29 is 9.59 Å². The van der Waals surface area contributed by atoms with Crippen molar-refractivity contribution in [3.63, 3.8) is 0 Å². The third kappa shape index (κ3) is 4.76. The molecule has 0 saturated carbocycles. The zero-order valence-electron chi connectivity index (χ0n) is 16.4. The molecule has 3 rings (SSSR count). The van der Waals surface area contributed by atoms with E-state index in [2.05, 4.69) is 26.6 Å². The summed E-state index contributed by atoms with van der Waals surface area (Å²) in [4.78, 5) is 37.3. The molecule has 0 fully saturated rings. The van der Waals surface area contributed by atoms with Gasteiger partial charge in [0.25, 0.3) is 0 Å². The summed E-state index contributed by atoms with van der Waals surface area (Å²) in [6.45, 7) is 4.16. The minimum Gasteiger partial charge on any atom is -0.345 e. The van der Waals surface area contributed by atoms with Crippen molar-refractivity contribution in [2.45, 2.75) is 33.4 Å². The molecule has 1 heterocycles. The predicted molar refractivity (Wildman–Crippen MR) is 117 cm³/mol. The zero-order valence-corrected chi connectivity index (χ0v) is 18.0. The molecule has 8 heteroatoms. The normalized spacial score (nSPS) is 10.9. The number of hydrogen-bond donors (Lipinski definition) is 2. The van der Waals surface area contributed by atoms with E-state index in [0.29, 0.717) is 17.7 Å². The topological polar surface area (TPSA) is 85.1 Å². The Hall–Kier alpha value is -2.87. The van der Waals surface area contributed by atoms with Crippen molar-refractivity contribution in [1.82, 2.24) is 14.5 Å². The molecule has 0 aliphatic carbocycles. The van der Waals surface area contributed by atoms with Gasteiger partial charge >= 0.3 is 5.69 Å². The number of anilines is 1. The Morgan fingerprint density at radius 1 is 1.03 bits per heavy atom. The molecular formula is C21H23BrN4O3. The van der Waals surface area contributed by atoms with Gasteiger partial charge in [-0.05, 0) is 49.2 Å². The molecule has 0 radical (unpaired) electrons. The third-order valence-corrected chi connectivity index (χ3v) is 5.08. The van der Waals surface area contributed by atoms with E-state index in [9.17, 15) is 14.4 Å². The molecule has 0 atom stereocenters. The number of imidazole rings is 1. The second-order valence-electron chi connectivity index (χ2n) is 6.79. The van der Waals surface area contributed by atoms with E-state index in [4.69, 9.17) is 0 Å². The van der Waals surface area contributed by atoms with Gasteiger partial charge in [-0.15, -0.1) is 0 Å². The Morgan fingerprint density at radius 3 is 2.38 bits per heavy atom. The second-order valence-corrected chi connectivity index (χ2v) is 7.71. The van der Waals surface area contributed by atoms with Gasteiger partial charge in [0, 0.05) is 16.7 Å². The van der Waals surface area contributed by atoms with Crippen LogP contribution in [0.2, 0.25) is 0 Å². The quantitative estimate of drug-likeness (QED) is 0.570. The number of carbonyl (C=O) groups excluding carboxylic acids is 2. The lowest BCUT2D eigenvalue weighted by molar-refractivity contribution is -0.124. The Labute approximate surface area is 176 Å². The van der Waals surface area contributed by atoms with Crippen LogP contribution in [0.25, 0.3) is 11.0 Å². The van der Waals surface area contributed by atoms with E-state index < -0.39 is 5.91 Å². The second kappa shape index (κ2) is 9.09. The van der Waals surface area contributed by atoms with Crippen LogP contribution < -0.4 is 16.3 Å². The maximum atomic E-state index is 12.7. The van der Waals surface area contributed by atoms with E-state index in [1.807, 2.05) is 50.2 Å². The highest BCUT2D eigenvalue weighted by atomic mass is 79.9. The van der Waals surface area contributed by atoms with Crippen molar-refractivity contribution in [2.75, 3.05) is 11.9 Å². The van der Waals surface area contributed by atoms with Gasteiger partial charge in [-0.3, -0.25) is 18.7 Å². The van der Waals surface area contributed by atoms with Crippen molar-refractivity contribution in [3.05, 3.63) is 63.0 Å². The summed E-state index contributed by atoms with van der Waals surface area (Å²) >= 11 is 3.38. The van der Waals surface area contributed by atoms with Crippen LogP contribution in [0.4, 0.5) is 5.69 Å². The van der Waals surface area contributed by atoms with Crippen LogP contribution in [0.15, 0.2) is 51.7 Å². The highest BCUT2D eigenvalue weighted by Gasteiger charge is 2.15.